The number of aryl methyl sites for hydroxylation is 1. The van der Waals surface area contributed by atoms with Crippen LogP contribution in [0.1, 0.15) is 36.1 Å². The topological polar surface area (TPSA) is 101 Å². The van der Waals surface area contributed by atoms with Gasteiger partial charge in [0.1, 0.15) is 22.9 Å². The summed E-state index contributed by atoms with van der Waals surface area (Å²) < 4.78 is 31.7. The Balaban J connectivity index is 1.24. The number of rotatable bonds is 5. The summed E-state index contributed by atoms with van der Waals surface area (Å²) in [4.78, 5) is 31.8. The number of fused-ring (bicyclic) bond motifs is 2. The van der Waals surface area contributed by atoms with Crippen LogP contribution >= 0.6 is 0 Å². The van der Waals surface area contributed by atoms with Gasteiger partial charge in [-0.1, -0.05) is 0 Å². The Bertz CT molecular complexity index is 1520. The second kappa shape index (κ2) is 9.39. The van der Waals surface area contributed by atoms with E-state index in [0.29, 0.717) is 34.6 Å². The van der Waals surface area contributed by atoms with Crippen LogP contribution in [-0.2, 0) is 0 Å². The van der Waals surface area contributed by atoms with E-state index in [9.17, 15) is 13.6 Å². The standard InChI is InChI=1S/C27H28F2N8O/c1-14(2)37-15(3)33-25-20(28)6-17(7-22(25)37)24-21(29)11-32-27(35-24)34-23-5-4-16(10-31-23)26(38)36-12-18-8-30-9-19(18)13-36/h4-7,10-11,14,18-19,30H,8-9,12-13H2,1-3H3,(H,31,32,34,35). The summed E-state index contributed by atoms with van der Waals surface area (Å²) >= 11 is 0. The third-order valence-corrected chi connectivity index (χ3v) is 7.39. The molecule has 11 heteroatoms. The maximum absolute atomic E-state index is 14.9. The monoisotopic (exact) mass is 518 g/mol. The predicted molar refractivity (Wildman–Crippen MR) is 139 cm³/mol. The summed E-state index contributed by atoms with van der Waals surface area (Å²) in [6, 6.07) is 6.33. The van der Waals surface area contributed by atoms with Gasteiger partial charge in [-0.25, -0.2) is 28.7 Å². The molecule has 0 saturated carbocycles. The molecule has 2 fully saturated rings. The van der Waals surface area contributed by atoms with Crippen LogP contribution in [0.3, 0.4) is 0 Å². The van der Waals surface area contributed by atoms with Crippen molar-refractivity contribution in [2.75, 3.05) is 31.5 Å². The lowest BCUT2D eigenvalue weighted by Crippen LogP contribution is -2.31. The molecule has 9 nitrogen and oxygen atoms in total. The van der Waals surface area contributed by atoms with E-state index < -0.39 is 11.6 Å². The SMILES string of the molecule is Cc1nc2c(F)cc(-c3nc(Nc4ccc(C(=O)N5CC6CNCC6C5)cn4)ncc3F)cc2n1C(C)C. The number of likely N-dealkylation sites (tertiary alicyclic amines) is 1. The molecular formula is C27H28F2N8O. The number of benzene rings is 1. The number of nitrogens with zero attached hydrogens (tertiary/aromatic N) is 6. The van der Waals surface area contributed by atoms with Crippen LogP contribution in [0.15, 0.2) is 36.7 Å². The fourth-order valence-corrected chi connectivity index (χ4v) is 5.60. The normalized spacial score (nSPS) is 18.9. The van der Waals surface area contributed by atoms with Gasteiger partial charge in [0.05, 0.1) is 17.3 Å². The van der Waals surface area contributed by atoms with Crippen LogP contribution in [0.25, 0.3) is 22.3 Å². The second-order valence-corrected chi connectivity index (χ2v) is 10.3. The first kappa shape index (κ1) is 24.4. The zero-order valence-electron chi connectivity index (χ0n) is 21.4. The van der Waals surface area contributed by atoms with Crippen LogP contribution in [0.2, 0.25) is 0 Å². The average molecular weight is 519 g/mol. The lowest BCUT2D eigenvalue weighted by molar-refractivity contribution is 0.0781. The fourth-order valence-electron chi connectivity index (χ4n) is 5.60. The zero-order valence-corrected chi connectivity index (χ0v) is 21.4. The molecule has 5 heterocycles. The number of halogens is 2. The number of aromatic nitrogens is 5. The summed E-state index contributed by atoms with van der Waals surface area (Å²) in [7, 11) is 0. The first-order valence-electron chi connectivity index (χ1n) is 12.7. The molecule has 2 aliphatic rings. The van der Waals surface area contributed by atoms with E-state index >= 15 is 0 Å². The van der Waals surface area contributed by atoms with Gasteiger partial charge >= 0.3 is 0 Å². The van der Waals surface area contributed by atoms with Gasteiger partial charge in [-0.05, 0) is 56.9 Å². The molecule has 3 aromatic heterocycles. The summed E-state index contributed by atoms with van der Waals surface area (Å²) in [5.41, 5.74) is 1.54. The van der Waals surface area contributed by atoms with Crippen LogP contribution in [0.4, 0.5) is 20.5 Å². The highest BCUT2D eigenvalue weighted by Crippen LogP contribution is 2.31. The first-order chi connectivity index (χ1) is 18.3. The quantitative estimate of drug-likeness (QED) is 0.410. The minimum absolute atomic E-state index is 0.0351. The smallest absolute Gasteiger partial charge is 0.255 e. The van der Waals surface area contributed by atoms with Crippen LogP contribution < -0.4 is 10.6 Å². The Labute approximate surface area is 218 Å². The van der Waals surface area contributed by atoms with E-state index in [1.807, 2.05) is 30.2 Å². The largest absolute Gasteiger partial charge is 0.338 e. The number of nitrogens with one attached hydrogen (secondary N) is 2. The Morgan fingerprint density at radius 1 is 1.05 bits per heavy atom. The summed E-state index contributed by atoms with van der Waals surface area (Å²) in [5.74, 6) is 0.942. The first-order valence-corrected chi connectivity index (χ1v) is 12.7. The van der Waals surface area contributed by atoms with Crippen LogP contribution in [0, 0.1) is 30.4 Å². The average Bonchev–Trinajstić information content (AvgIpc) is 3.58. The molecular weight excluding hydrogens is 490 g/mol. The number of hydrogen-bond acceptors (Lipinski definition) is 7. The lowest BCUT2D eigenvalue weighted by Gasteiger charge is -2.17. The van der Waals surface area contributed by atoms with Gasteiger partial charge in [0.15, 0.2) is 11.6 Å². The highest BCUT2D eigenvalue weighted by atomic mass is 19.1. The van der Waals surface area contributed by atoms with E-state index in [0.717, 1.165) is 32.4 Å². The number of carbonyl (C=O) groups is 1. The van der Waals surface area contributed by atoms with Crippen molar-refractivity contribution in [2.24, 2.45) is 11.8 Å². The van der Waals surface area contributed by atoms with Crippen molar-refractivity contribution in [1.29, 1.82) is 0 Å². The van der Waals surface area contributed by atoms with E-state index in [4.69, 9.17) is 0 Å². The van der Waals surface area contributed by atoms with E-state index in [1.54, 1.807) is 18.2 Å². The van der Waals surface area contributed by atoms with Gasteiger partial charge < -0.3 is 20.1 Å². The highest BCUT2D eigenvalue weighted by Gasteiger charge is 2.38. The number of pyridine rings is 1. The van der Waals surface area contributed by atoms with E-state index in [-0.39, 0.29) is 34.7 Å². The molecule has 0 bridgehead atoms. The molecule has 1 aromatic carbocycles. The number of hydrogen-bond donors (Lipinski definition) is 2. The maximum atomic E-state index is 14.9. The molecule has 38 heavy (non-hydrogen) atoms. The number of imidazole rings is 1. The van der Waals surface area contributed by atoms with Crippen molar-refractivity contribution in [3.8, 4) is 11.3 Å². The Hall–Kier alpha value is -3.99. The van der Waals surface area contributed by atoms with E-state index in [2.05, 4.69) is 30.6 Å². The molecule has 6 rings (SSSR count). The molecule has 1 amide bonds. The molecule has 196 valence electrons. The van der Waals surface area contributed by atoms with Crippen LogP contribution in [-0.4, -0.2) is 61.5 Å². The number of anilines is 2. The third kappa shape index (κ3) is 4.26. The molecule has 0 spiro atoms. The molecule has 4 aromatic rings. The number of amides is 1. The fraction of sp³-hybridized carbons (Fsp3) is 0.370. The minimum atomic E-state index is -0.680. The molecule has 2 N–H and O–H groups in total. The van der Waals surface area contributed by atoms with Gasteiger partial charge in [0.25, 0.3) is 5.91 Å². The van der Waals surface area contributed by atoms with Gasteiger partial charge in [-0.2, -0.15) is 0 Å². The highest BCUT2D eigenvalue weighted by molar-refractivity contribution is 5.94. The number of carbonyl (C=O) groups excluding carboxylic acids is 1. The summed E-state index contributed by atoms with van der Waals surface area (Å²) in [5, 5.41) is 6.32. The maximum Gasteiger partial charge on any atom is 0.255 e. The van der Waals surface area contributed by atoms with Gasteiger partial charge in [-0.3, -0.25) is 4.79 Å². The molecule has 2 atom stereocenters. The van der Waals surface area contributed by atoms with Crippen LogP contribution in [0.5, 0.6) is 0 Å². The second-order valence-electron chi connectivity index (χ2n) is 10.3. The molecule has 2 saturated heterocycles. The Kier molecular flexibility index (Phi) is 6.02. The summed E-state index contributed by atoms with van der Waals surface area (Å²) in [6.45, 7) is 9.19. The Morgan fingerprint density at radius 3 is 2.50 bits per heavy atom. The van der Waals surface area contributed by atoms with Crippen molar-refractivity contribution in [2.45, 2.75) is 26.8 Å². The van der Waals surface area contributed by atoms with Gasteiger partial charge in [0, 0.05) is 44.0 Å². The summed E-state index contributed by atoms with van der Waals surface area (Å²) in [6.07, 6.45) is 2.55. The molecule has 0 aliphatic carbocycles. The minimum Gasteiger partial charge on any atom is -0.338 e. The third-order valence-electron chi connectivity index (χ3n) is 7.39. The molecule has 2 unspecified atom stereocenters. The van der Waals surface area contributed by atoms with E-state index in [1.165, 1.54) is 12.3 Å². The van der Waals surface area contributed by atoms with Crippen molar-refractivity contribution >= 4 is 28.7 Å². The molecule has 0 radical (unpaired) electrons. The molecule has 2 aliphatic heterocycles. The lowest BCUT2D eigenvalue weighted by atomic mass is 10.0. The van der Waals surface area contributed by atoms with Gasteiger partial charge in [-0.15, -0.1) is 0 Å². The van der Waals surface area contributed by atoms with Crippen molar-refractivity contribution < 1.29 is 13.6 Å². The Morgan fingerprint density at radius 2 is 1.82 bits per heavy atom. The van der Waals surface area contributed by atoms with Crippen molar-refractivity contribution in [1.82, 2.24) is 34.7 Å². The van der Waals surface area contributed by atoms with Crippen molar-refractivity contribution in [3.63, 3.8) is 0 Å². The zero-order chi connectivity index (χ0) is 26.6. The van der Waals surface area contributed by atoms with Crippen molar-refractivity contribution in [3.05, 3.63) is 59.7 Å². The van der Waals surface area contributed by atoms with Gasteiger partial charge in [0.2, 0.25) is 5.95 Å². The predicted octanol–water partition coefficient (Wildman–Crippen LogP) is 4.09.